The van der Waals surface area contributed by atoms with Crippen LogP contribution in [0.5, 0.6) is 0 Å². The van der Waals surface area contributed by atoms with Crippen molar-refractivity contribution in [2.75, 3.05) is 6.54 Å². The molecule has 0 fully saturated rings. The molecule has 3 heteroatoms. The molecule has 3 nitrogen and oxygen atoms in total. The Bertz CT molecular complexity index is 484. The van der Waals surface area contributed by atoms with Gasteiger partial charge >= 0.3 is 0 Å². The predicted molar refractivity (Wildman–Crippen MR) is 55.3 cm³/mol. The molecule has 14 heavy (non-hydrogen) atoms. The lowest BCUT2D eigenvalue weighted by atomic mass is 10.2. The van der Waals surface area contributed by atoms with Crippen LogP contribution in [0.15, 0.2) is 18.3 Å². The van der Waals surface area contributed by atoms with E-state index in [2.05, 4.69) is 40.0 Å². The van der Waals surface area contributed by atoms with Crippen molar-refractivity contribution < 1.29 is 0 Å². The Labute approximate surface area is 82.8 Å². The van der Waals surface area contributed by atoms with Gasteiger partial charge in [-0.1, -0.05) is 6.07 Å². The van der Waals surface area contributed by atoms with Gasteiger partial charge in [0.2, 0.25) is 0 Å². The van der Waals surface area contributed by atoms with Crippen molar-refractivity contribution in [1.82, 2.24) is 14.7 Å². The zero-order chi connectivity index (χ0) is 9.54. The number of hydrogen-bond donors (Lipinski definition) is 1. The predicted octanol–water partition coefficient (Wildman–Crippen LogP) is 1.29. The lowest BCUT2D eigenvalue weighted by Crippen LogP contribution is -2.24. The van der Waals surface area contributed by atoms with Crippen molar-refractivity contribution >= 4 is 5.65 Å². The maximum atomic E-state index is 4.59. The quantitative estimate of drug-likeness (QED) is 0.673. The van der Waals surface area contributed by atoms with E-state index in [0.29, 0.717) is 0 Å². The van der Waals surface area contributed by atoms with Gasteiger partial charge in [-0.15, -0.1) is 0 Å². The molecule has 0 aliphatic carbocycles. The first-order valence-corrected chi connectivity index (χ1v) is 5.02. The van der Waals surface area contributed by atoms with E-state index >= 15 is 0 Å². The average Bonchev–Trinajstić information content (AvgIpc) is 2.56. The number of aryl methyl sites for hydroxylation is 1. The molecular weight excluding hydrogens is 174 g/mol. The molecule has 2 aromatic rings. The van der Waals surface area contributed by atoms with Crippen LogP contribution in [0, 0.1) is 6.92 Å². The number of fused-ring (bicyclic) bond motifs is 3. The van der Waals surface area contributed by atoms with Crippen molar-refractivity contribution in [3.63, 3.8) is 0 Å². The van der Waals surface area contributed by atoms with Crippen LogP contribution in [0.2, 0.25) is 0 Å². The Morgan fingerprint density at radius 1 is 1.43 bits per heavy atom. The lowest BCUT2D eigenvalue weighted by Gasteiger charge is -2.11. The highest BCUT2D eigenvalue weighted by Gasteiger charge is 2.14. The Balaban J connectivity index is 2.32. The largest absolute Gasteiger partial charge is 0.311 e. The number of hydrogen-bond acceptors (Lipinski definition) is 2. The van der Waals surface area contributed by atoms with Gasteiger partial charge in [-0.25, -0.2) is 4.98 Å². The molecule has 0 atom stereocenters. The number of pyridine rings is 1. The van der Waals surface area contributed by atoms with Crippen molar-refractivity contribution in [1.29, 1.82) is 0 Å². The third-order valence-electron chi connectivity index (χ3n) is 2.78. The molecule has 0 radical (unpaired) electrons. The second-order valence-corrected chi connectivity index (χ2v) is 3.87. The summed E-state index contributed by atoms with van der Waals surface area (Å²) in [4.78, 5) is 4.59. The van der Waals surface area contributed by atoms with E-state index in [-0.39, 0.29) is 0 Å². The van der Waals surface area contributed by atoms with E-state index in [1.54, 1.807) is 0 Å². The summed E-state index contributed by atoms with van der Waals surface area (Å²) in [5, 5.41) is 3.34. The van der Waals surface area contributed by atoms with Gasteiger partial charge < -0.3 is 9.72 Å². The van der Waals surface area contributed by atoms with Crippen LogP contribution in [0.3, 0.4) is 0 Å². The fourth-order valence-electron chi connectivity index (χ4n) is 2.07. The molecule has 3 heterocycles. The van der Waals surface area contributed by atoms with E-state index in [1.165, 1.54) is 17.0 Å². The van der Waals surface area contributed by atoms with Gasteiger partial charge in [0.05, 0.1) is 5.69 Å². The Kier molecular flexibility index (Phi) is 1.61. The second-order valence-electron chi connectivity index (χ2n) is 3.87. The molecule has 3 rings (SSSR count). The number of aromatic nitrogens is 2. The molecule has 0 saturated heterocycles. The van der Waals surface area contributed by atoms with Gasteiger partial charge in [0.15, 0.2) is 0 Å². The van der Waals surface area contributed by atoms with E-state index < -0.39 is 0 Å². The minimum Gasteiger partial charge on any atom is -0.311 e. The van der Waals surface area contributed by atoms with Gasteiger partial charge in [0, 0.05) is 31.4 Å². The SMILES string of the molecule is Cc1ccc2nc3c(n2c1)CCNC3. The molecule has 0 saturated carbocycles. The zero-order valence-electron chi connectivity index (χ0n) is 8.25. The first-order valence-electron chi connectivity index (χ1n) is 5.02. The molecule has 0 spiro atoms. The Morgan fingerprint density at radius 2 is 2.36 bits per heavy atom. The normalized spacial score (nSPS) is 15.8. The lowest BCUT2D eigenvalue weighted by molar-refractivity contribution is 0.622. The maximum Gasteiger partial charge on any atom is 0.137 e. The van der Waals surface area contributed by atoms with Gasteiger partial charge in [-0.2, -0.15) is 0 Å². The van der Waals surface area contributed by atoms with E-state index in [1.807, 2.05) is 0 Å². The molecule has 0 aromatic carbocycles. The van der Waals surface area contributed by atoms with Crippen molar-refractivity contribution in [3.8, 4) is 0 Å². The first-order chi connectivity index (χ1) is 6.84. The third-order valence-corrected chi connectivity index (χ3v) is 2.78. The summed E-state index contributed by atoms with van der Waals surface area (Å²) in [5.41, 5.74) is 4.95. The van der Waals surface area contributed by atoms with Crippen LogP contribution in [0.4, 0.5) is 0 Å². The molecule has 1 N–H and O–H groups in total. The summed E-state index contributed by atoms with van der Waals surface area (Å²) in [6, 6.07) is 4.20. The highest BCUT2D eigenvalue weighted by atomic mass is 15.1. The highest BCUT2D eigenvalue weighted by molar-refractivity contribution is 5.45. The number of imidazole rings is 1. The van der Waals surface area contributed by atoms with Crippen molar-refractivity contribution in [2.45, 2.75) is 19.9 Å². The summed E-state index contributed by atoms with van der Waals surface area (Å²) in [7, 11) is 0. The molecule has 72 valence electrons. The summed E-state index contributed by atoms with van der Waals surface area (Å²) in [5.74, 6) is 0. The molecule has 0 amide bonds. The summed E-state index contributed by atoms with van der Waals surface area (Å²) < 4.78 is 2.23. The van der Waals surface area contributed by atoms with E-state index in [0.717, 1.165) is 25.2 Å². The van der Waals surface area contributed by atoms with E-state index in [9.17, 15) is 0 Å². The molecular formula is C11H13N3. The average molecular weight is 187 g/mol. The monoisotopic (exact) mass is 187 g/mol. The number of nitrogens with one attached hydrogen (secondary N) is 1. The highest BCUT2D eigenvalue weighted by Crippen LogP contribution is 2.16. The summed E-state index contributed by atoms with van der Waals surface area (Å²) >= 11 is 0. The number of nitrogens with zero attached hydrogens (tertiary/aromatic N) is 2. The van der Waals surface area contributed by atoms with Crippen molar-refractivity contribution in [3.05, 3.63) is 35.3 Å². The molecule has 1 aliphatic heterocycles. The first kappa shape index (κ1) is 8.00. The van der Waals surface area contributed by atoms with Gasteiger partial charge in [-0.3, -0.25) is 0 Å². The van der Waals surface area contributed by atoms with E-state index in [4.69, 9.17) is 0 Å². The molecule has 1 aliphatic rings. The fourth-order valence-corrected chi connectivity index (χ4v) is 2.07. The summed E-state index contributed by atoms with van der Waals surface area (Å²) in [6.07, 6.45) is 3.26. The van der Waals surface area contributed by atoms with Crippen LogP contribution in [-0.4, -0.2) is 15.9 Å². The third kappa shape index (κ3) is 1.06. The number of rotatable bonds is 0. The molecule has 0 unspecified atom stereocenters. The standard InChI is InChI=1S/C11H13N3/c1-8-2-3-11-13-9-6-12-5-4-10(9)14(11)7-8/h2-3,7,12H,4-6H2,1H3. The van der Waals surface area contributed by atoms with Crippen LogP contribution in [0.25, 0.3) is 5.65 Å². The maximum absolute atomic E-state index is 4.59. The Morgan fingerprint density at radius 3 is 3.29 bits per heavy atom. The topological polar surface area (TPSA) is 29.3 Å². The molecule has 0 bridgehead atoms. The van der Waals surface area contributed by atoms with Gasteiger partial charge in [0.25, 0.3) is 0 Å². The van der Waals surface area contributed by atoms with Crippen LogP contribution in [-0.2, 0) is 13.0 Å². The second kappa shape index (κ2) is 2.82. The smallest absolute Gasteiger partial charge is 0.137 e. The summed E-state index contributed by atoms with van der Waals surface area (Å²) in [6.45, 7) is 4.09. The van der Waals surface area contributed by atoms with Gasteiger partial charge in [-0.05, 0) is 18.6 Å². The van der Waals surface area contributed by atoms with Crippen LogP contribution >= 0.6 is 0 Å². The minimum atomic E-state index is 0.913. The van der Waals surface area contributed by atoms with Crippen molar-refractivity contribution in [2.24, 2.45) is 0 Å². The Hall–Kier alpha value is -1.35. The molecule has 2 aromatic heterocycles. The van der Waals surface area contributed by atoms with Crippen LogP contribution < -0.4 is 5.32 Å². The van der Waals surface area contributed by atoms with Gasteiger partial charge in [0.1, 0.15) is 5.65 Å². The van der Waals surface area contributed by atoms with Crippen LogP contribution in [0.1, 0.15) is 17.0 Å². The minimum absolute atomic E-state index is 0.913. The fraction of sp³-hybridized carbons (Fsp3) is 0.364. The zero-order valence-corrected chi connectivity index (χ0v) is 8.25.